The van der Waals surface area contributed by atoms with E-state index < -0.39 is 0 Å². The van der Waals surface area contributed by atoms with E-state index in [4.69, 9.17) is 32.5 Å². The minimum atomic E-state index is -0.387. The van der Waals surface area contributed by atoms with Crippen LogP contribution < -0.4 is 16.2 Å². The third-order valence-corrected chi connectivity index (χ3v) is 2.94. The number of benzene rings is 1. The SMILES string of the molecule is Nc1nc(N)nc(COC(=O)CCCOc2ccc(Cl)cc2)n1. The normalized spacial score (nSPS) is 10.3. The van der Waals surface area contributed by atoms with Gasteiger partial charge in [0.25, 0.3) is 0 Å². The van der Waals surface area contributed by atoms with Crippen molar-refractivity contribution in [2.24, 2.45) is 0 Å². The largest absolute Gasteiger partial charge is 0.494 e. The lowest BCUT2D eigenvalue weighted by Crippen LogP contribution is -2.11. The van der Waals surface area contributed by atoms with Crippen molar-refractivity contribution >= 4 is 29.5 Å². The quantitative estimate of drug-likeness (QED) is 0.576. The summed E-state index contributed by atoms with van der Waals surface area (Å²) >= 11 is 5.77. The maximum atomic E-state index is 11.6. The Hall–Kier alpha value is -2.61. The van der Waals surface area contributed by atoms with Crippen LogP contribution in [0.25, 0.3) is 0 Å². The summed E-state index contributed by atoms with van der Waals surface area (Å²) in [6.07, 6.45) is 0.729. The van der Waals surface area contributed by atoms with Crippen LogP contribution >= 0.6 is 11.6 Å². The predicted octanol–water partition coefficient (Wildman–Crippen LogP) is 1.59. The van der Waals surface area contributed by atoms with E-state index in [-0.39, 0.29) is 36.7 Å². The highest BCUT2D eigenvalue weighted by Gasteiger charge is 2.07. The van der Waals surface area contributed by atoms with Crippen molar-refractivity contribution in [2.45, 2.75) is 19.4 Å². The molecule has 2 aromatic rings. The molecule has 0 unspecified atom stereocenters. The smallest absolute Gasteiger partial charge is 0.306 e. The number of ether oxygens (including phenoxy) is 2. The van der Waals surface area contributed by atoms with E-state index in [1.165, 1.54) is 0 Å². The number of carbonyl (C=O) groups is 1. The Bertz CT molecular complexity index is 646. The number of carbonyl (C=O) groups excluding carboxylic acids is 1. The molecule has 0 aliphatic carbocycles. The van der Waals surface area contributed by atoms with Crippen molar-refractivity contribution < 1.29 is 14.3 Å². The number of anilines is 2. The fourth-order valence-electron chi connectivity index (χ4n) is 1.68. The Morgan fingerprint density at radius 2 is 1.74 bits per heavy atom. The van der Waals surface area contributed by atoms with Gasteiger partial charge >= 0.3 is 5.97 Å². The van der Waals surface area contributed by atoms with Gasteiger partial charge in [-0.1, -0.05) is 11.6 Å². The summed E-state index contributed by atoms with van der Waals surface area (Å²) in [7, 11) is 0. The van der Waals surface area contributed by atoms with Crippen LogP contribution in [0.4, 0.5) is 11.9 Å². The Labute approximate surface area is 137 Å². The summed E-state index contributed by atoms with van der Waals surface area (Å²) in [5.41, 5.74) is 10.8. The van der Waals surface area contributed by atoms with Gasteiger partial charge in [-0.15, -0.1) is 0 Å². The molecule has 8 nitrogen and oxygen atoms in total. The molecule has 1 heterocycles. The van der Waals surface area contributed by atoms with Gasteiger partial charge in [0.15, 0.2) is 12.4 Å². The zero-order valence-corrected chi connectivity index (χ0v) is 13.0. The Morgan fingerprint density at radius 3 is 2.39 bits per heavy atom. The van der Waals surface area contributed by atoms with Crippen LogP contribution in [0.15, 0.2) is 24.3 Å². The minimum Gasteiger partial charge on any atom is -0.494 e. The number of hydrogen-bond donors (Lipinski definition) is 2. The van der Waals surface area contributed by atoms with Crippen molar-refractivity contribution in [1.29, 1.82) is 0 Å². The van der Waals surface area contributed by atoms with Crippen LogP contribution in [0, 0.1) is 0 Å². The van der Waals surface area contributed by atoms with E-state index >= 15 is 0 Å². The lowest BCUT2D eigenvalue weighted by molar-refractivity contribution is -0.145. The molecule has 0 aliphatic rings. The zero-order valence-electron chi connectivity index (χ0n) is 12.2. The highest BCUT2D eigenvalue weighted by atomic mass is 35.5. The molecule has 23 heavy (non-hydrogen) atoms. The monoisotopic (exact) mass is 337 g/mol. The maximum Gasteiger partial charge on any atom is 0.306 e. The third-order valence-electron chi connectivity index (χ3n) is 2.69. The average Bonchev–Trinajstić information content (AvgIpc) is 2.50. The van der Waals surface area contributed by atoms with Crippen LogP contribution in [0.5, 0.6) is 5.75 Å². The van der Waals surface area contributed by atoms with Crippen molar-refractivity contribution in [1.82, 2.24) is 15.0 Å². The van der Waals surface area contributed by atoms with Crippen molar-refractivity contribution in [3.63, 3.8) is 0 Å². The lowest BCUT2D eigenvalue weighted by Gasteiger charge is -2.07. The number of aromatic nitrogens is 3. The van der Waals surface area contributed by atoms with E-state index in [2.05, 4.69) is 15.0 Å². The molecule has 0 radical (unpaired) electrons. The van der Waals surface area contributed by atoms with E-state index in [9.17, 15) is 4.79 Å². The highest BCUT2D eigenvalue weighted by molar-refractivity contribution is 6.30. The molecule has 2 rings (SSSR count). The molecule has 0 saturated heterocycles. The number of halogens is 1. The van der Waals surface area contributed by atoms with Crippen molar-refractivity contribution in [3.8, 4) is 5.75 Å². The molecule has 0 saturated carbocycles. The van der Waals surface area contributed by atoms with Gasteiger partial charge in [0.2, 0.25) is 11.9 Å². The number of nitrogens with zero attached hydrogens (tertiary/aromatic N) is 3. The topological polar surface area (TPSA) is 126 Å². The molecule has 4 N–H and O–H groups in total. The van der Waals surface area contributed by atoms with Crippen LogP contribution in [-0.4, -0.2) is 27.5 Å². The Balaban J connectivity index is 1.66. The molecule has 9 heteroatoms. The average molecular weight is 338 g/mol. The fourth-order valence-corrected chi connectivity index (χ4v) is 1.80. The molecule has 0 atom stereocenters. The van der Waals surface area contributed by atoms with Gasteiger partial charge in [-0.2, -0.15) is 15.0 Å². The van der Waals surface area contributed by atoms with E-state index in [1.54, 1.807) is 24.3 Å². The zero-order chi connectivity index (χ0) is 16.7. The molecule has 0 bridgehead atoms. The van der Waals surface area contributed by atoms with Crippen LogP contribution in [0.3, 0.4) is 0 Å². The number of rotatable bonds is 7. The number of esters is 1. The van der Waals surface area contributed by atoms with Crippen LogP contribution in [0.1, 0.15) is 18.7 Å². The molecule has 0 spiro atoms. The predicted molar refractivity (Wildman–Crippen MR) is 84.6 cm³/mol. The first kappa shape index (κ1) is 16.8. The molecule has 0 fully saturated rings. The van der Waals surface area contributed by atoms with E-state index in [0.717, 1.165) is 0 Å². The molecule has 1 aromatic heterocycles. The highest BCUT2D eigenvalue weighted by Crippen LogP contribution is 2.15. The summed E-state index contributed by atoms with van der Waals surface area (Å²) in [6.45, 7) is 0.288. The van der Waals surface area contributed by atoms with Crippen LogP contribution in [0.2, 0.25) is 5.02 Å². The number of nitrogen functional groups attached to an aromatic ring is 2. The van der Waals surface area contributed by atoms with Crippen molar-refractivity contribution in [3.05, 3.63) is 35.1 Å². The van der Waals surface area contributed by atoms with Gasteiger partial charge in [0, 0.05) is 11.4 Å². The molecular formula is C14H16ClN5O3. The standard InChI is InChI=1S/C14H16ClN5O3/c15-9-3-5-10(6-4-9)22-7-1-2-12(21)23-8-11-18-13(16)20-14(17)19-11/h3-6H,1-2,7-8H2,(H4,16,17,18,19,20). The summed E-state index contributed by atoms with van der Waals surface area (Å²) in [4.78, 5) is 22.9. The summed E-state index contributed by atoms with van der Waals surface area (Å²) in [5, 5.41) is 0.639. The van der Waals surface area contributed by atoms with Gasteiger partial charge in [0.05, 0.1) is 6.61 Å². The minimum absolute atomic E-state index is 0.0140. The van der Waals surface area contributed by atoms with E-state index in [1.807, 2.05) is 0 Å². The summed E-state index contributed by atoms with van der Waals surface area (Å²) < 4.78 is 10.5. The molecule has 1 aromatic carbocycles. The Kier molecular flexibility index (Phi) is 5.93. The first-order valence-electron chi connectivity index (χ1n) is 6.83. The lowest BCUT2D eigenvalue weighted by atomic mass is 10.3. The first-order valence-corrected chi connectivity index (χ1v) is 7.20. The second kappa shape index (κ2) is 8.14. The number of hydrogen-bond acceptors (Lipinski definition) is 8. The molecule has 122 valence electrons. The van der Waals surface area contributed by atoms with E-state index in [0.29, 0.717) is 23.8 Å². The van der Waals surface area contributed by atoms with Gasteiger partial charge in [-0.25, -0.2) is 0 Å². The maximum absolute atomic E-state index is 11.6. The summed E-state index contributed by atoms with van der Waals surface area (Å²) in [6, 6.07) is 6.99. The second-order valence-electron chi connectivity index (χ2n) is 4.53. The molecule has 0 aliphatic heterocycles. The van der Waals surface area contributed by atoms with Crippen molar-refractivity contribution in [2.75, 3.05) is 18.1 Å². The second-order valence-corrected chi connectivity index (χ2v) is 4.97. The van der Waals surface area contributed by atoms with Gasteiger partial charge in [0.1, 0.15) is 5.75 Å². The molecule has 0 amide bonds. The van der Waals surface area contributed by atoms with Gasteiger partial charge < -0.3 is 20.9 Å². The fraction of sp³-hybridized carbons (Fsp3) is 0.286. The third kappa shape index (κ3) is 5.95. The Morgan fingerprint density at radius 1 is 1.09 bits per heavy atom. The number of nitrogens with two attached hydrogens (primary N) is 2. The molecular weight excluding hydrogens is 322 g/mol. The van der Waals surface area contributed by atoms with Gasteiger partial charge in [-0.3, -0.25) is 4.79 Å². The summed E-state index contributed by atoms with van der Waals surface area (Å²) in [5.74, 6) is 0.488. The first-order chi connectivity index (χ1) is 11.0. The van der Waals surface area contributed by atoms with Gasteiger partial charge in [-0.05, 0) is 30.7 Å². The van der Waals surface area contributed by atoms with Crippen LogP contribution in [-0.2, 0) is 16.1 Å².